The van der Waals surface area contributed by atoms with Gasteiger partial charge in [0.1, 0.15) is 5.03 Å². The molecular formula is C15H24N2O3S2. The van der Waals surface area contributed by atoms with E-state index in [9.17, 15) is 9.90 Å². The van der Waals surface area contributed by atoms with Crippen LogP contribution in [0.5, 0.6) is 0 Å². The van der Waals surface area contributed by atoms with Crippen LogP contribution in [0.15, 0.2) is 29.4 Å². The van der Waals surface area contributed by atoms with Gasteiger partial charge in [-0.2, -0.15) is 0 Å². The molecule has 7 heteroatoms. The van der Waals surface area contributed by atoms with Crippen LogP contribution in [-0.2, 0) is 9.53 Å². The van der Waals surface area contributed by atoms with Gasteiger partial charge in [-0.3, -0.25) is 4.79 Å². The third-order valence-electron chi connectivity index (χ3n) is 2.76. The molecule has 5 nitrogen and oxygen atoms in total. The van der Waals surface area contributed by atoms with Crippen molar-refractivity contribution < 1.29 is 14.6 Å². The normalized spacial score (nSPS) is 12.1. The van der Waals surface area contributed by atoms with Crippen LogP contribution in [0.3, 0.4) is 0 Å². The van der Waals surface area contributed by atoms with Gasteiger partial charge in [0.05, 0.1) is 12.7 Å². The number of hydrogen-bond acceptors (Lipinski definition) is 6. The van der Waals surface area contributed by atoms with Crippen molar-refractivity contribution >= 4 is 27.5 Å². The first-order valence-corrected chi connectivity index (χ1v) is 9.77. The lowest BCUT2D eigenvalue weighted by Crippen LogP contribution is -2.25. The zero-order valence-corrected chi connectivity index (χ0v) is 14.5. The summed E-state index contributed by atoms with van der Waals surface area (Å²) in [6.45, 7) is 3.45. The first-order valence-electron chi connectivity index (χ1n) is 7.45. The smallest absolute Gasteiger partial charge is 0.220 e. The SMILES string of the molecule is CCC(O)COCCCNC(=O)CCSSc1ccccn1. The van der Waals surface area contributed by atoms with Crippen molar-refractivity contribution in [3.63, 3.8) is 0 Å². The van der Waals surface area contributed by atoms with Crippen LogP contribution < -0.4 is 5.32 Å². The molecule has 22 heavy (non-hydrogen) atoms. The molecule has 0 aliphatic carbocycles. The molecule has 1 heterocycles. The van der Waals surface area contributed by atoms with Crippen molar-refractivity contribution in [3.05, 3.63) is 24.4 Å². The second kappa shape index (κ2) is 12.8. The highest BCUT2D eigenvalue weighted by Crippen LogP contribution is 2.29. The summed E-state index contributed by atoms with van der Waals surface area (Å²) in [4.78, 5) is 15.8. The van der Waals surface area contributed by atoms with Crippen LogP contribution in [0.4, 0.5) is 0 Å². The van der Waals surface area contributed by atoms with E-state index in [1.54, 1.807) is 27.8 Å². The Morgan fingerprint density at radius 3 is 3.09 bits per heavy atom. The van der Waals surface area contributed by atoms with Crippen molar-refractivity contribution in [1.29, 1.82) is 0 Å². The third-order valence-corrected chi connectivity index (χ3v) is 5.03. The van der Waals surface area contributed by atoms with Crippen molar-refractivity contribution in [3.8, 4) is 0 Å². The fourth-order valence-corrected chi connectivity index (χ4v) is 3.33. The monoisotopic (exact) mass is 344 g/mol. The Hall–Kier alpha value is -0.760. The summed E-state index contributed by atoms with van der Waals surface area (Å²) < 4.78 is 5.30. The van der Waals surface area contributed by atoms with Gasteiger partial charge in [-0.25, -0.2) is 4.98 Å². The zero-order chi connectivity index (χ0) is 16.0. The fourth-order valence-electron chi connectivity index (χ4n) is 1.46. The van der Waals surface area contributed by atoms with E-state index >= 15 is 0 Å². The van der Waals surface area contributed by atoms with Gasteiger partial charge in [-0.05, 0) is 35.8 Å². The van der Waals surface area contributed by atoms with Gasteiger partial charge < -0.3 is 15.2 Å². The Morgan fingerprint density at radius 2 is 2.36 bits per heavy atom. The molecule has 0 aromatic carbocycles. The summed E-state index contributed by atoms with van der Waals surface area (Å²) in [5.74, 6) is 0.814. The van der Waals surface area contributed by atoms with E-state index in [4.69, 9.17) is 4.74 Å². The number of aliphatic hydroxyl groups is 1. The summed E-state index contributed by atoms with van der Waals surface area (Å²) in [5, 5.41) is 13.1. The molecular weight excluding hydrogens is 320 g/mol. The third kappa shape index (κ3) is 10.0. The molecule has 0 spiro atoms. The second-order valence-electron chi connectivity index (χ2n) is 4.66. The first kappa shape index (κ1) is 19.3. The standard InChI is InChI=1S/C15H24N2O3S2/c1-2-13(18)12-20-10-5-9-16-14(19)7-11-21-22-15-6-3-4-8-17-15/h3-4,6,8,13,18H,2,5,7,9-12H2,1H3,(H,16,19). The van der Waals surface area contributed by atoms with E-state index in [0.717, 1.165) is 17.2 Å². The number of nitrogens with one attached hydrogen (secondary N) is 1. The second-order valence-corrected chi connectivity index (χ2v) is 7.10. The quantitative estimate of drug-likeness (QED) is 0.448. The minimum Gasteiger partial charge on any atom is -0.391 e. The molecule has 1 amide bonds. The molecule has 1 atom stereocenters. The van der Waals surface area contributed by atoms with E-state index in [0.29, 0.717) is 32.6 Å². The van der Waals surface area contributed by atoms with Crippen LogP contribution in [0.2, 0.25) is 0 Å². The molecule has 0 aliphatic rings. The van der Waals surface area contributed by atoms with Crippen LogP contribution in [0.1, 0.15) is 26.2 Å². The molecule has 0 saturated carbocycles. The number of aliphatic hydroxyl groups excluding tert-OH is 1. The number of carbonyl (C=O) groups is 1. The van der Waals surface area contributed by atoms with E-state index in [1.807, 2.05) is 25.1 Å². The number of hydrogen-bond donors (Lipinski definition) is 2. The van der Waals surface area contributed by atoms with Crippen LogP contribution in [0, 0.1) is 0 Å². The summed E-state index contributed by atoms with van der Waals surface area (Å²) in [7, 11) is 3.21. The van der Waals surface area contributed by atoms with Crippen molar-refractivity contribution in [2.45, 2.75) is 37.3 Å². The van der Waals surface area contributed by atoms with E-state index < -0.39 is 0 Å². The van der Waals surface area contributed by atoms with E-state index in [2.05, 4.69) is 10.3 Å². The Bertz CT molecular complexity index is 407. The highest BCUT2D eigenvalue weighted by molar-refractivity contribution is 8.76. The maximum atomic E-state index is 11.6. The van der Waals surface area contributed by atoms with Crippen LogP contribution >= 0.6 is 21.6 Å². The molecule has 124 valence electrons. The van der Waals surface area contributed by atoms with Crippen molar-refractivity contribution in [2.75, 3.05) is 25.5 Å². The first-order chi connectivity index (χ1) is 10.7. The summed E-state index contributed by atoms with van der Waals surface area (Å²) >= 11 is 0. The molecule has 1 aromatic rings. The Balaban J connectivity index is 1.91. The van der Waals surface area contributed by atoms with Gasteiger partial charge in [0.25, 0.3) is 0 Å². The number of amides is 1. The lowest BCUT2D eigenvalue weighted by atomic mass is 10.3. The van der Waals surface area contributed by atoms with Crippen molar-refractivity contribution in [1.82, 2.24) is 10.3 Å². The van der Waals surface area contributed by atoms with Crippen LogP contribution in [0.25, 0.3) is 0 Å². The highest BCUT2D eigenvalue weighted by atomic mass is 33.1. The number of ether oxygens (including phenoxy) is 1. The van der Waals surface area contributed by atoms with Gasteiger partial charge >= 0.3 is 0 Å². The van der Waals surface area contributed by atoms with Gasteiger partial charge in [0.15, 0.2) is 0 Å². The lowest BCUT2D eigenvalue weighted by Gasteiger charge is -2.09. The number of nitrogens with zero attached hydrogens (tertiary/aromatic N) is 1. The average Bonchev–Trinajstić information content (AvgIpc) is 2.55. The molecule has 0 saturated heterocycles. The summed E-state index contributed by atoms with van der Waals surface area (Å²) in [5.41, 5.74) is 0. The maximum absolute atomic E-state index is 11.6. The molecule has 1 rings (SSSR count). The molecule has 0 radical (unpaired) electrons. The van der Waals surface area contributed by atoms with E-state index in [-0.39, 0.29) is 12.0 Å². The predicted molar refractivity (Wildman–Crippen MR) is 91.9 cm³/mol. The number of aromatic nitrogens is 1. The molecule has 0 bridgehead atoms. The number of carbonyl (C=O) groups excluding carboxylic acids is 1. The minimum atomic E-state index is -0.386. The molecule has 1 unspecified atom stereocenters. The van der Waals surface area contributed by atoms with E-state index in [1.165, 1.54) is 0 Å². The Kier molecular flexibility index (Phi) is 11.2. The summed E-state index contributed by atoms with van der Waals surface area (Å²) in [6.07, 6.45) is 3.34. The van der Waals surface area contributed by atoms with Crippen molar-refractivity contribution in [2.24, 2.45) is 0 Å². The zero-order valence-electron chi connectivity index (χ0n) is 12.9. The van der Waals surface area contributed by atoms with Gasteiger partial charge in [0, 0.05) is 31.5 Å². The fraction of sp³-hybridized carbons (Fsp3) is 0.600. The topological polar surface area (TPSA) is 71.5 Å². The highest BCUT2D eigenvalue weighted by Gasteiger charge is 2.03. The maximum Gasteiger partial charge on any atom is 0.220 e. The van der Waals surface area contributed by atoms with Gasteiger partial charge in [-0.1, -0.05) is 23.8 Å². The lowest BCUT2D eigenvalue weighted by molar-refractivity contribution is -0.120. The Morgan fingerprint density at radius 1 is 1.50 bits per heavy atom. The predicted octanol–water partition coefficient (Wildman–Crippen LogP) is 2.51. The average molecular weight is 345 g/mol. The minimum absolute atomic E-state index is 0.0581. The number of pyridine rings is 1. The Labute approximate surface area is 140 Å². The largest absolute Gasteiger partial charge is 0.391 e. The number of rotatable bonds is 12. The summed E-state index contributed by atoms with van der Waals surface area (Å²) in [6, 6.07) is 5.78. The molecule has 0 aliphatic heterocycles. The molecule has 1 aromatic heterocycles. The molecule has 0 fully saturated rings. The van der Waals surface area contributed by atoms with Gasteiger partial charge in [0.2, 0.25) is 5.91 Å². The van der Waals surface area contributed by atoms with Gasteiger partial charge in [-0.15, -0.1) is 0 Å². The molecule has 2 N–H and O–H groups in total. The van der Waals surface area contributed by atoms with Crippen LogP contribution in [-0.4, -0.2) is 47.6 Å².